The van der Waals surface area contributed by atoms with Crippen molar-refractivity contribution in [3.05, 3.63) is 122 Å². The number of allylic oxidation sites excluding steroid dienone is 20. The Morgan fingerprint density at radius 2 is 0.838 bits per heavy atom. The van der Waals surface area contributed by atoms with E-state index < -0.39 is 32.5 Å². The fourth-order valence-corrected chi connectivity index (χ4v) is 7.12. The molecule has 0 aliphatic rings. The lowest BCUT2D eigenvalue weighted by molar-refractivity contribution is -0.870. The van der Waals surface area contributed by atoms with Crippen LogP contribution in [0.25, 0.3) is 0 Å². The first-order valence-corrected chi connectivity index (χ1v) is 27.7. The molecule has 2 unspecified atom stereocenters. The molecule has 0 aromatic carbocycles. The molecule has 0 aromatic rings. The molecule has 0 spiro atoms. The molecule has 9 nitrogen and oxygen atoms in total. The van der Waals surface area contributed by atoms with Crippen molar-refractivity contribution in [1.29, 1.82) is 0 Å². The predicted octanol–water partition coefficient (Wildman–Crippen LogP) is 15.4. The summed E-state index contributed by atoms with van der Waals surface area (Å²) < 4.78 is 33.9. The fraction of sp³-hybridized carbons (Fsp3) is 0.621. The number of phosphoric acid groups is 1. The van der Waals surface area contributed by atoms with Crippen LogP contribution in [0, 0.1) is 0 Å². The van der Waals surface area contributed by atoms with Gasteiger partial charge in [0.25, 0.3) is 7.82 Å². The van der Waals surface area contributed by atoms with Crippen LogP contribution in [0.2, 0.25) is 0 Å². The molecule has 0 saturated carbocycles. The second-order valence-electron chi connectivity index (χ2n) is 18.1. The quantitative estimate of drug-likeness (QED) is 0.0195. The summed E-state index contributed by atoms with van der Waals surface area (Å²) in [5.74, 6) is -0.880. The van der Waals surface area contributed by atoms with Gasteiger partial charge in [0.1, 0.15) is 19.8 Å². The van der Waals surface area contributed by atoms with Crippen molar-refractivity contribution in [3.8, 4) is 0 Å². The minimum absolute atomic E-state index is 0.0429. The van der Waals surface area contributed by atoms with Gasteiger partial charge >= 0.3 is 11.9 Å². The lowest BCUT2D eigenvalue weighted by Gasteiger charge is -2.28. The fourth-order valence-electron chi connectivity index (χ4n) is 6.39. The van der Waals surface area contributed by atoms with Crippen LogP contribution < -0.4 is 4.89 Å². The van der Waals surface area contributed by atoms with Gasteiger partial charge in [-0.3, -0.25) is 14.2 Å². The number of carbonyl (C=O) groups is 2. The Kier molecular flexibility index (Phi) is 45.9. The highest BCUT2D eigenvalue weighted by Gasteiger charge is 2.21. The third-order valence-electron chi connectivity index (χ3n) is 10.5. The molecule has 0 N–H and O–H groups in total. The minimum Gasteiger partial charge on any atom is -0.756 e. The highest BCUT2D eigenvalue weighted by atomic mass is 31.2. The summed E-state index contributed by atoms with van der Waals surface area (Å²) in [6, 6.07) is 0. The van der Waals surface area contributed by atoms with Crippen LogP contribution in [0.15, 0.2) is 122 Å². The van der Waals surface area contributed by atoms with Gasteiger partial charge in [-0.1, -0.05) is 187 Å². The molecular formula is C58H96NO8P. The molecule has 0 saturated heterocycles. The molecule has 0 amide bonds. The predicted molar refractivity (Wildman–Crippen MR) is 286 cm³/mol. The third kappa shape index (κ3) is 51.8. The van der Waals surface area contributed by atoms with E-state index in [9.17, 15) is 19.0 Å². The van der Waals surface area contributed by atoms with Crippen LogP contribution in [-0.4, -0.2) is 70.0 Å². The topological polar surface area (TPSA) is 111 Å². The summed E-state index contributed by atoms with van der Waals surface area (Å²) >= 11 is 0. The SMILES string of the molecule is CC/C=C\C/C=C\C/C=C\C/C=C\C/C=C\C/C=C\C/C=C\C/C=C\C/C=C\CCCCCCCC(=O)OC(COC(=O)CCCCCCC/C=C\CCCC)COP(=O)([O-])OCC[N+](C)(C)C. The first-order valence-electron chi connectivity index (χ1n) is 26.2. The van der Waals surface area contributed by atoms with Crippen LogP contribution in [0.1, 0.15) is 181 Å². The molecular weight excluding hydrogens is 870 g/mol. The first kappa shape index (κ1) is 64.4. The summed E-state index contributed by atoms with van der Waals surface area (Å²) in [5, 5.41) is 0. The molecule has 0 aliphatic carbocycles. The van der Waals surface area contributed by atoms with Crippen LogP contribution in [0.4, 0.5) is 0 Å². The highest BCUT2D eigenvalue weighted by Crippen LogP contribution is 2.38. The van der Waals surface area contributed by atoms with Crippen molar-refractivity contribution in [2.75, 3.05) is 47.5 Å². The van der Waals surface area contributed by atoms with Gasteiger partial charge in [0.05, 0.1) is 27.7 Å². The van der Waals surface area contributed by atoms with E-state index in [1.165, 1.54) is 12.8 Å². The van der Waals surface area contributed by atoms with Gasteiger partial charge in [0.15, 0.2) is 6.10 Å². The average molecular weight is 966 g/mol. The molecule has 0 aromatic heterocycles. The Bertz CT molecular complexity index is 1560. The second-order valence-corrected chi connectivity index (χ2v) is 19.6. The monoisotopic (exact) mass is 966 g/mol. The standard InChI is InChI=1S/C58H96NO8P/c1-6-8-10-12-14-16-18-19-20-21-22-23-24-25-26-27-28-29-30-31-32-33-34-35-36-37-38-39-41-43-45-47-49-51-58(61)67-56(55-66-68(62,63)65-53-52-59(3,4)5)54-64-57(60)50-48-46-44-42-40-17-15-13-11-9-7-2/h8,10,13-16,19-20,22-23,25-26,28-29,31-32,34-35,37-38,56H,6-7,9,11-12,17-18,21,24,27,30,33,36,39-55H2,1-5H3/b10-8-,15-13-,16-14-,20-19-,23-22-,26-25-,29-28-,32-31-,35-34-,38-37-. The third-order valence-corrected chi connectivity index (χ3v) is 11.4. The number of carbonyl (C=O) groups excluding carboxylic acids is 2. The van der Waals surface area contributed by atoms with Gasteiger partial charge in [0, 0.05) is 12.8 Å². The molecule has 0 rings (SSSR count). The maximum absolute atomic E-state index is 12.7. The van der Waals surface area contributed by atoms with E-state index in [2.05, 4.69) is 135 Å². The molecule has 0 bridgehead atoms. The number of unbranched alkanes of at least 4 members (excludes halogenated alkanes) is 12. The van der Waals surface area contributed by atoms with Gasteiger partial charge in [0.2, 0.25) is 0 Å². The highest BCUT2D eigenvalue weighted by molar-refractivity contribution is 7.45. The van der Waals surface area contributed by atoms with Crippen LogP contribution >= 0.6 is 7.82 Å². The van der Waals surface area contributed by atoms with Gasteiger partial charge in [-0.05, 0) is 103 Å². The Balaban J connectivity index is 4.23. The zero-order valence-corrected chi connectivity index (χ0v) is 44.4. The van der Waals surface area contributed by atoms with E-state index in [1.54, 1.807) is 0 Å². The summed E-state index contributed by atoms with van der Waals surface area (Å²) in [5.41, 5.74) is 0. The van der Waals surface area contributed by atoms with Gasteiger partial charge in [-0.2, -0.15) is 0 Å². The summed E-state index contributed by atoms with van der Waals surface area (Å²) in [7, 11) is 1.13. The maximum Gasteiger partial charge on any atom is 0.306 e. The van der Waals surface area contributed by atoms with Crippen molar-refractivity contribution < 1.29 is 42.1 Å². The zero-order chi connectivity index (χ0) is 49.9. The van der Waals surface area contributed by atoms with E-state index in [-0.39, 0.29) is 26.1 Å². The van der Waals surface area contributed by atoms with Crippen molar-refractivity contribution in [1.82, 2.24) is 0 Å². The van der Waals surface area contributed by atoms with Crippen molar-refractivity contribution in [2.24, 2.45) is 0 Å². The molecule has 0 heterocycles. The Morgan fingerprint density at radius 3 is 1.26 bits per heavy atom. The first-order chi connectivity index (χ1) is 33.0. The van der Waals surface area contributed by atoms with E-state index in [1.807, 2.05) is 21.1 Å². The number of likely N-dealkylation sites (N-methyl/N-ethyl adjacent to an activating group) is 1. The van der Waals surface area contributed by atoms with Crippen molar-refractivity contribution >= 4 is 19.8 Å². The Morgan fingerprint density at radius 1 is 0.471 bits per heavy atom. The zero-order valence-electron chi connectivity index (χ0n) is 43.5. The van der Waals surface area contributed by atoms with Gasteiger partial charge in [-0.25, -0.2) is 0 Å². The minimum atomic E-state index is -4.64. The van der Waals surface area contributed by atoms with Crippen molar-refractivity contribution in [2.45, 2.75) is 187 Å². The molecule has 386 valence electrons. The second kappa shape index (κ2) is 48.4. The smallest absolute Gasteiger partial charge is 0.306 e. The Hall–Kier alpha value is -3.59. The summed E-state index contributed by atoms with van der Waals surface area (Å²) in [6.45, 7) is 4.01. The number of esters is 2. The molecule has 10 heteroatoms. The van der Waals surface area contributed by atoms with Crippen molar-refractivity contribution in [3.63, 3.8) is 0 Å². The number of quaternary nitrogens is 1. The molecule has 0 fully saturated rings. The number of ether oxygens (including phenoxy) is 2. The van der Waals surface area contributed by atoms with E-state index in [4.69, 9.17) is 18.5 Å². The maximum atomic E-state index is 12.7. The summed E-state index contributed by atoms with van der Waals surface area (Å²) in [6.07, 6.45) is 68.2. The van der Waals surface area contributed by atoms with E-state index in [0.29, 0.717) is 23.9 Å². The van der Waals surface area contributed by atoms with Crippen LogP contribution in [-0.2, 0) is 32.7 Å². The van der Waals surface area contributed by atoms with E-state index >= 15 is 0 Å². The number of phosphoric ester groups is 1. The number of hydrogen-bond acceptors (Lipinski definition) is 8. The lowest BCUT2D eigenvalue weighted by atomic mass is 10.1. The largest absolute Gasteiger partial charge is 0.756 e. The number of rotatable bonds is 46. The molecule has 0 radical (unpaired) electrons. The molecule has 2 atom stereocenters. The van der Waals surface area contributed by atoms with Crippen LogP contribution in [0.3, 0.4) is 0 Å². The van der Waals surface area contributed by atoms with E-state index in [0.717, 1.165) is 128 Å². The molecule has 0 aliphatic heterocycles. The lowest BCUT2D eigenvalue weighted by Crippen LogP contribution is -2.37. The average Bonchev–Trinajstić information content (AvgIpc) is 3.30. The van der Waals surface area contributed by atoms with Crippen LogP contribution in [0.5, 0.6) is 0 Å². The number of hydrogen-bond donors (Lipinski definition) is 0. The summed E-state index contributed by atoms with van der Waals surface area (Å²) in [4.78, 5) is 37.6. The molecule has 68 heavy (non-hydrogen) atoms. The normalized spacial score (nSPS) is 14.4. The number of nitrogens with zero attached hydrogens (tertiary/aromatic N) is 1. The van der Waals surface area contributed by atoms with Gasteiger partial charge in [-0.15, -0.1) is 0 Å². The Labute approximate surface area is 416 Å². The van der Waals surface area contributed by atoms with Gasteiger partial charge < -0.3 is 27.9 Å².